The van der Waals surface area contributed by atoms with Crippen molar-refractivity contribution >= 4 is 27.5 Å². The van der Waals surface area contributed by atoms with Crippen molar-refractivity contribution in [2.75, 3.05) is 0 Å². The summed E-state index contributed by atoms with van der Waals surface area (Å²) in [5.74, 6) is 0.644. The summed E-state index contributed by atoms with van der Waals surface area (Å²) in [5, 5.41) is 1.18. The fraction of sp³-hybridized carbons (Fsp3) is 0. The fourth-order valence-electron chi connectivity index (χ4n) is 6.38. The number of aromatic nitrogens is 5. The molecule has 0 bridgehead atoms. The molecule has 9 aromatic rings. The van der Waals surface area contributed by atoms with E-state index in [0.29, 0.717) is 5.82 Å². The van der Waals surface area contributed by atoms with Crippen molar-refractivity contribution in [1.29, 1.82) is 0 Å². The molecule has 4 heterocycles. The Bertz CT molecular complexity index is 2570. The second-order valence-electron chi connectivity index (χ2n) is 11.6. The molecule has 5 nitrogen and oxygen atoms in total. The average Bonchev–Trinajstić information content (AvgIpc) is 3.55. The lowest BCUT2D eigenvalue weighted by Gasteiger charge is -2.12. The standard InChI is InChI=1S/C42H27N5/c1-3-12-28(13-4-1)33-23-34(27-43-26-33)37-25-36(29-14-5-2-6-15-29)45-42(46-37)32-18-11-17-31(22-32)41-40-24-30-16-7-9-20-38(30)47(40)39-21-10-8-19-35(39)44-41/h1-27H. The monoisotopic (exact) mass is 601 g/mol. The number of fused-ring (bicyclic) bond motifs is 5. The Morgan fingerprint density at radius 1 is 0.383 bits per heavy atom. The van der Waals surface area contributed by atoms with Gasteiger partial charge in [-0.1, -0.05) is 109 Å². The molecule has 0 radical (unpaired) electrons. The molecule has 0 spiro atoms. The number of benzene rings is 5. The minimum absolute atomic E-state index is 0.644. The summed E-state index contributed by atoms with van der Waals surface area (Å²) in [7, 11) is 0. The Morgan fingerprint density at radius 3 is 1.83 bits per heavy atom. The smallest absolute Gasteiger partial charge is 0.160 e. The lowest BCUT2D eigenvalue weighted by molar-refractivity contribution is 1.18. The number of pyridine rings is 1. The summed E-state index contributed by atoms with van der Waals surface area (Å²) in [5.41, 5.74) is 12.9. The molecule has 9 rings (SSSR count). The number of rotatable bonds is 5. The lowest BCUT2D eigenvalue weighted by Crippen LogP contribution is -1.98. The van der Waals surface area contributed by atoms with Gasteiger partial charge in [0.05, 0.1) is 39.1 Å². The van der Waals surface area contributed by atoms with Crippen molar-refractivity contribution < 1.29 is 0 Å². The number of nitrogens with zero attached hydrogens (tertiary/aromatic N) is 5. The van der Waals surface area contributed by atoms with Crippen LogP contribution in [0.25, 0.3) is 83.7 Å². The van der Waals surface area contributed by atoms with E-state index < -0.39 is 0 Å². The van der Waals surface area contributed by atoms with E-state index in [-0.39, 0.29) is 0 Å². The van der Waals surface area contributed by atoms with Gasteiger partial charge in [0.15, 0.2) is 5.82 Å². The minimum atomic E-state index is 0.644. The molecule has 0 aliphatic rings. The highest BCUT2D eigenvalue weighted by Crippen LogP contribution is 2.35. The second kappa shape index (κ2) is 11.2. The van der Waals surface area contributed by atoms with Crippen LogP contribution in [0.5, 0.6) is 0 Å². The van der Waals surface area contributed by atoms with Gasteiger partial charge in [0.1, 0.15) is 0 Å². The number of hydrogen-bond acceptors (Lipinski definition) is 4. The Labute approximate surface area is 271 Å². The Kier molecular flexibility index (Phi) is 6.39. The molecule has 4 aromatic heterocycles. The summed E-state index contributed by atoms with van der Waals surface area (Å²) in [6, 6.07) is 52.2. The van der Waals surface area contributed by atoms with Gasteiger partial charge in [0, 0.05) is 45.6 Å². The van der Waals surface area contributed by atoms with E-state index in [1.165, 1.54) is 5.39 Å². The molecule has 0 atom stereocenters. The summed E-state index contributed by atoms with van der Waals surface area (Å²) >= 11 is 0. The van der Waals surface area contributed by atoms with E-state index in [1.54, 1.807) is 0 Å². The van der Waals surface area contributed by atoms with Crippen LogP contribution in [-0.2, 0) is 0 Å². The molecule has 0 N–H and O–H groups in total. The minimum Gasteiger partial charge on any atom is -0.306 e. The van der Waals surface area contributed by atoms with Crippen molar-refractivity contribution in [2.45, 2.75) is 0 Å². The van der Waals surface area contributed by atoms with Crippen molar-refractivity contribution in [3.8, 4) is 56.3 Å². The van der Waals surface area contributed by atoms with Crippen LogP contribution in [0.15, 0.2) is 164 Å². The van der Waals surface area contributed by atoms with Crippen LogP contribution in [0, 0.1) is 0 Å². The summed E-state index contributed by atoms with van der Waals surface area (Å²) in [6.45, 7) is 0. The third kappa shape index (κ3) is 4.82. The van der Waals surface area contributed by atoms with Crippen LogP contribution in [0.3, 0.4) is 0 Å². The number of hydrogen-bond donors (Lipinski definition) is 0. The maximum Gasteiger partial charge on any atom is 0.160 e. The van der Waals surface area contributed by atoms with Gasteiger partial charge in [-0.2, -0.15) is 0 Å². The zero-order chi connectivity index (χ0) is 31.2. The summed E-state index contributed by atoms with van der Waals surface area (Å²) < 4.78 is 2.32. The quantitative estimate of drug-likeness (QED) is 0.197. The predicted molar refractivity (Wildman–Crippen MR) is 191 cm³/mol. The van der Waals surface area contributed by atoms with Gasteiger partial charge in [-0.15, -0.1) is 0 Å². The molecule has 0 fully saturated rings. The van der Waals surface area contributed by atoms with Crippen molar-refractivity contribution in [1.82, 2.24) is 24.3 Å². The third-order valence-corrected chi connectivity index (χ3v) is 8.64. The highest BCUT2D eigenvalue weighted by Gasteiger charge is 2.16. The van der Waals surface area contributed by atoms with Gasteiger partial charge in [-0.3, -0.25) is 4.98 Å². The summed E-state index contributed by atoms with van der Waals surface area (Å²) in [4.78, 5) is 20.0. The third-order valence-electron chi connectivity index (χ3n) is 8.64. The van der Waals surface area contributed by atoms with E-state index in [4.69, 9.17) is 15.0 Å². The molecule has 0 amide bonds. The zero-order valence-electron chi connectivity index (χ0n) is 25.3. The Hall–Kier alpha value is -6.46. The largest absolute Gasteiger partial charge is 0.306 e. The van der Waals surface area contributed by atoms with Crippen LogP contribution < -0.4 is 0 Å². The van der Waals surface area contributed by atoms with E-state index >= 15 is 0 Å². The van der Waals surface area contributed by atoms with Crippen LogP contribution in [0.4, 0.5) is 0 Å². The normalized spacial score (nSPS) is 11.4. The lowest BCUT2D eigenvalue weighted by atomic mass is 10.0. The molecule has 5 aromatic carbocycles. The first-order valence-electron chi connectivity index (χ1n) is 15.6. The van der Waals surface area contributed by atoms with Gasteiger partial charge < -0.3 is 4.40 Å². The van der Waals surface area contributed by atoms with Gasteiger partial charge in [0.2, 0.25) is 0 Å². The average molecular weight is 602 g/mol. The van der Waals surface area contributed by atoms with Crippen LogP contribution in [0.2, 0.25) is 0 Å². The Balaban J connectivity index is 1.23. The molecular formula is C42H27N5. The SMILES string of the molecule is c1ccc(-c2cncc(-c3cc(-c4ccccc4)nc(-c4cccc(-c5nc6ccccc6n6c5cc5ccccc56)c4)n3)c2)cc1. The van der Waals surface area contributed by atoms with E-state index in [1.807, 2.05) is 54.9 Å². The molecule has 220 valence electrons. The molecule has 0 saturated carbocycles. The van der Waals surface area contributed by atoms with E-state index in [9.17, 15) is 0 Å². The highest BCUT2D eigenvalue weighted by atomic mass is 14.9. The van der Waals surface area contributed by atoms with E-state index in [2.05, 4.69) is 119 Å². The zero-order valence-corrected chi connectivity index (χ0v) is 25.3. The first kappa shape index (κ1) is 26.9. The van der Waals surface area contributed by atoms with Gasteiger partial charge in [-0.05, 0) is 48.0 Å². The highest BCUT2D eigenvalue weighted by molar-refractivity contribution is 5.98. The van der Waals surface area contributed by atoms with Crippen molar-refractivity contribution in [3.63, 3.8) is 0 Å². The maximum atomic E-state index is 5.20. The van der Waals surface area contributed by atoms with Crippen molar-refractivity contribution in [2.24, 2.45) is 0 Å². The van der Waals surface area contributed by atoms with Gasteiger partial charge in [0.25, 0.3) is 0 Å². The molecule has 0 saturated heterocycles. The Morgan fingerprint density at radius 2 is 1.00 bits per heavy atom. The topological polar surface area (TPSA) is 56.0 Å². The molecule has 0 unspecified atom stereocenters. The van der Waals surface area contributed by atoms with Crippen LogP contribution in [0.1, 0.15) is 0 Å². The van der Waals surface area contributed by atoms with Crippen molar-refractivity contribution in [3.05, 3.63) is 164 Å². The maximum absolute atomic E-state index is 5.20. The fourth-order valence-corrected chi connectivity index (χ4v) is 6.38. The molecule has 0 aliphatic carbocycles. The number of para-hydroxylation sites is 3. The second-order valence-corrected chi connectivity index (χ2v) is 11.6. The predicted octanol–water partition coefficient (Wildman–Crippen LogP) is 10.2. The molecule has 5 heteroatoms. The van der Waals surface area contributed by atoms with E-state index in [0.717, 1.165) is 72.5 Å². The molecule has 0 aliphatic heterocycles. The first-order valence-corrected chi connectivity index (χ1v) is 15.6. The molecule has 47 heavy (non-hydrogen) atoms. The van der Waals surface area contributed by atoms with Gasteiger partial charge >= 0.3 is 0 Å². The van der Waals surface area contributed by atoms with Gasteiger partial charge in [-0.25, -0.2) is 15.0 Å². The summed E-state index contributed by atoms with van der Waals surface area (Å²) in [6.07, 6.45) is 3.77. The molecular weight excluding hydrogens is 574 g/mol. The van der Waals surface area contributed by atoms with Crippen LogP contribution in [-0.4, -0.2) is 24.3 Å². The van der Waals surface area contributed by atoms with Crippen LogP contribution >= 0.6 is 0 Å². The first-order chi connectivity index (χ1) is 23.3.